The minimum Gasteiger partial charge on any atom is -0.496 e. The van der Waals surface area contributed by atoms with Gasteiger partial charge in [-0.05, 0) is 51.7 Å². The highest BCUT2D eigenvalue weighted by Crippen LogP contribution is 2.55. The third-order valence-electron chi connectivity index (χ3n) is 6.50. The Morgan fingerprint density at radius 2 is 2.15 bits per heavy atom. The smallest absolute Gasteiger partial charge is 0.126 e. The predicted octanol–water partition coefficient (Wildman–Crippen LogP) is 4.84. The molecule has 0 amide bonds. The van der Waals surface area contributed by atoms with E-state index in [1.54, 1.807) is 7.11 Å². The van der Waals surface area contributed by atoms with Crippen LogP contribution in [0.15, 0.2) is 42.5 Å². The van der Waals surface area contributed by atoms with Crippen LogP contribution in [0.3, 0.4) is 0 Å². The van der Waals surface area contributed by atoms with Crippen LogP contribution < -0.4 is 14.8 Å². The zero-order chi connectivity index (χ0) is 18.5. The minimum absolute atomic E-state index is 0.0666. The second kappa shape index (κ2) is 6.45. The largest absolute Gasteiger partial charge is 0.496 e. The van der Waals surface area contributed by atoms with Crippen molar-refractivity contribution >= 4 is 0 Å². The molecule has 0 saturated heterocycles. The second-order valence-corrected chi connectivity index (χ2v) is 8.70. The molecule has 1 aliphatic carbocycles. The summed E-state index contributed by atoms with van der Waals surface area (Å²) in [4.78, 5) is 0. The highest BCUT2D eigenvalue weighted by atomic mass is 16.5. The number of nitrogens with one attached hydrogen (secondary N) is 1. The Morgan fingerprint density at radius 1 is 1.35 bits per heavy atom. The van der Waals surface area contributed by atoms with E-state index in [0.717, 1.165) is 17.9 Å². The van der Waals surface area contributed by atoms with E-state index in [1.165, 1.54) is 24.0 Å². The molecule has 1 fully saturated rings. The number of hydrogen-bond donors (Lipinski definition) is 1. The van der Waals surface area contributed by atoms with Crippen LogP contribution in [0.1, 0.15) is 51.5 Å². The van der Waals surface area contributed by atoms with Gasteiger partial charge in [-0.3, -0.25) is 0 Å². The first-order valence-electron chi connectivity index (χ1n) is 9.86. The fraction of sp³-hybridized carbons (Fsp3) is 0.565. The number of ether oxygens (including phenoxy) is 2. The van der Waals surface area contributed by atoms with Gasteiger partial charge in [-0.25, -0.2) is 0 Å². The van der Waals surface area contributed by atoms with Crippen LogP contribution >= 0.6 is 0 Å². The van der Waals surface area contributed by atoms with E-state index in [2.05, 4.69) is 50.9 Å². The van der Waals surface area contributed by atoms with E-state index < -0.39 is 0 Å². The van der Waals surface area contributed by atoms with Crippen LogP contribution in [-0.2, 0) is 0 Å². The van der Waals surface area contributed by atoms with Gasteiger partial charge in [-0.15, -0.1) is 6.58 Å². The Morgan fingerprint density at radius 3 is 2.88 bits per heavy atom. The lowest BCUT2D eigenvalue weighted by atomic mass is 9.59. The second-order valence-electron chi connectivity index (χ2n) is 8.70. The molecule has 3 aliphatic rings. The third kappa shape index (κ3) is 2.77. The molecule has 0 radical (unpaired) electrons. The lowest BCUT2D eigenvalue weighted by Crippen LogP contribution is -2.59. The molecule has 1 aromatic rings. The van der Waals surface area contributed by atoms with E-state index >= 15 is 0 Å². The molecule has 1 saturated carbocycles. The maximum absolute atomic E-state index is 6.53. The summed E-state index contributed by atoms with van der Waals surface area (Å²) < 4.78 is 12.2. The molecule has 5 atom stereocenters. The van der Waals surface area contributed by atoms with Crippen LogP contribution in [0.4, 0.5) is 0 Å². The van der Waals surface area contributed by atoms with Gasteiger partial charge in [-0.2, -0.15) is 0 Å². The predicted molar refractivity (Wildman–Crippen MR) is 106 cm³/mol. The quantitative estimate of drug-likeness (QED) is 0.789. The normalized spacial score (nSPS) is 34.5. The summed E-state index contributed by atoms with van der Waals surface area (Å²) >= 11 is 0. The van der Waals surface area contributed by atoms with Crippen molar-refractivity contribution in [2.24, 2.45) is 11.8 Å². The first-order chi connectivity index (χ1) is 12.4. The first kappa shape index (κ1) is 17.7. The number of fused-ring (bicyclic) bond motifs is 5. The minimum atomic E-state index is 0.0666. The number of benzene rings is 1. The zero-order valence-corrected chi connectivity index (χ0v) is 16.4. The Balaban J connectivity index is 1.81. The molecule has 3 heteroatoms. The van der Waals surface area contributed by atoms with Gasteiger partial charge in [0.15, 0.2) is 0 Å². The third-order valence-corrected chi connectivity index (χ3v) is 6.50. The highest BCUT2D eigenvalue weighted by molar-refractivity contribution is 5.50. The van der Waals surface area contributed by atoms with Crippen LogP contribution in [0.2, 0.25) is 0 Å². The molecular formula is C23H31NO2. The van der Waals surface area contributed by atoms with Crippen molar-refractivity contribution in [1.29, 1.82) is 0 Å². The summed E-state index contributed by atoms with van der Waals surface area (Å²) in [7, 11) is 1.77. The maximum atomic E-state index is 6.53. The number of hydrogen-bond acceptors (Lipinski definition) is 3. The Bertz CT molecular complexity index is 736. The summed E-state index contributed by atoms with van der Waals surface area (Å²) in [6, 6.07) is 6.72. The molecule has 0 bridgehead atoms. The van der Waals surface area contributed by atoms with Crippen molar-refractivity contribution in [3.63, 3.8) is 0 Å². The van der Waals surface area contributed by atoms with E-state index in [0.29, 0.717) is 23.8 Å². The van der Waals surface area contributed by atoms with Crippen LogP contribution in [0, 0.1) is 11.8 Å². The number of rotatable bonds is 3. The monoisotopic (exact) mass is 353 g/mol. The number of methoxy groups -OCH3 is 1. The van der Waals surface area contributed by atoms with Gasteiger partial charge in [0, 0.05) is 35.4 Å². The summed E-state index contributed by atoms with van der Waals surface area (Å²) in [5.74, 6) is 3.41. The molecule has 0 spiro atoms. The van der Waals surface area contributed by atoms with Crippen LogP contribution in [0.5, 0.6) is 11.5 Å². The molecule has 1 N–H and O–H groups in total. The van der Waals surface area contributed by atoms with E-state index in [9.17, 15) is 0 Å². The highest BCUT2D eigenvalue weighted by Gasteiger charge is 2.51. The topological polar surface area (TPSA) is 30.5 Å². The van der Waals surface area contributed by atoms with Gasteiger partial charge < -0.3 is 14.8 Å². The van der Waals surface area contributed by atoms with Crippen LogP contribution in [-0.4, -0.2) is 24.8 Å². The molecule has 2 aliphatic heterocycles. The van der Waals surface area contributed by atoms with Crippen molar-refractivity contribution in [3.8, 4) is 11.5 Å². The van der Waals surface area contributed by atoms with Gasteiger partial charge in [0.2, 0.25) is 0 Å². The lowest BCUT2D eigenvalue weighted by Gasteiger charge is -2.53. The molecule has 2 heterocycles. The van der Waals surface area contributed by atoms with E-state index in [4.69, 9.17) is 9.47 Å². The first-order valence-corrected chi connectivity index (χ1v) is 9.86. The molecular weight excluding hydrogens is 322 g/mol. The van der Waals surface area contributed by atoms with E-state index in [-0.39, 0.29) is 11.6 Å². The summed E-state index contributed by atoms with van der Waals surface area (Å²) in [5.41, 5.74) is 2.85. The fourth-order valence-electron chi connectivity index (χ4n) is 5.83. The van der Waals surface area contributed by atoms with Crippen molar-refractivity contribution in [3.05, 3.63) is 48.1 Å². The van der Waals surface area contributed by atoms with Gasteiger partial charge in [-0.1, -0.05) is 23.8 Å². The van der Waals surface area contributed by atoms with Crippen molar-refractivity contribution in [1.82, 2.24) is 5.32 Å². The average Bonchev–Trinajstić information content (AvgIpc) is 2.59. The molecule has 0 aromatic heterocycles. The lowest BCUT2D eigenvalue weighted by molar-refractivity contribution is 0.0194. The maximum Gasteiger partial charge on any atom is 0.126 e. The van der Waals surface area contributed by atoms with Crippen molar-refractivity contribution < 1.29 is 9.47 Å². The van der Waals surface area contributed by atoms with Gasteiger partial charge >= 0.3 is 0 Å². The molecule has 140 valence electrons. The zero-order valence-electron chi connectivity index (χ0n) is 16.4. The fourth-order valence-corrected chi connectivity index (χ4v) is 5.83. The summed E-state index contributed by atoms with van der Waals surface area (Å²) in [5, 5.41) is 3.88. The molecule has 4 rings (SSSR count). The summed E-state index contributed by atoms with van der Waals surface area (Å²) in [6.45, 7) is 10.9. The van der Waals surface area contributed by atoms with Crippen LogP contribution in [0.25, 0.3) is 0 Å². The Hall–Kier alpha value is -1.74. The van der Waals surface area contributed by atoms with Crippen molar-refractivity contribution in [2.75, 3.05) is 7.11 Å². The van der Waals surface area contributed by atoms with Crippen molar-refractivity contribution in [2.45, 2.75) is 63.6 Å². The van der Waals surface area contributed by atoms with E-state index in [1.807, 2.05) is 12.1 Å². The van der Waals surface area contributed by atoms with Gasteiger partial charge in [0.25, 0.3) is 0 Å². The Kier molecular flexibility index (Phi) is 4.38. The SMILES string of the molecule is C=CCC1Oc2cccc(OC)c2C2CCC3NC(C)(C)C=C(C)C3C12. The molecule has 1 aromatic carbocycles. The molecule has 26 heavy (non-hydrogen) atoms. The van der Waals surface area contributed by atoms with Gasteiger partial charge in [0.1, 0.15) is 17.6 Å². The Labute approximate surface area is 157 Å². The molecule has 5 unspecified atom stereocenters. The van der Waals surface area contributed by atoms with Gasteiger partial charge in [0.05, 0.1) is 7.11 Å². The summed E-state index contributed by atoms with van der Waals surface area (Å²) in [6.07, 6.45) is 7.86. The standard InChI is InChI=1S/C23H31NO2/c1-6-8-18-22-15(21-17(25-5)9-7-10-19(21)26-18)11-12-16-20(22)14(2)13-23(3,4)24-16/h6-7,9-10,13,15-16,18,20,22,24H,1,8,11-12H2,2-5H3. The average molecular weight is 354 g/mol. The molecule has 3 nitrogen and oxygen atoms in total.